The fourth-order valence-electron chi connectivity index (χ4n) is 1.09. The van der Waals surface area contributed by atoms with Gasteiger partial charge in [-0.3, -0.25) is 4.57 Å². The standard InChI is InChI=1S/C9H9N3O/c13-6-8-2-1-3-9(11-8)12-5-4-10-7-12/h1-5,7,13H,6H2. The van der Waals surface area contributed by atoms with Crippen LogP contribution >= 0.6 is 0 Å². The predicted molar refractivity (Wildman–Crippen MR) is 47.3 cm³/mol. The van der Waals surface area contributed by atoms with Crippen molar-refractivity contribution in [3.63, 3.8) is 0 Å². The third kappa shape index (κ3) is 1.57. The van der Waals surface area contributed by atoms with Crippen molar-refractivity contribution in [1.29, 1.82) is 0 Å². The van der Waals surface area contributed by atoms with E-state index in [-0.39, 0.29) is 6.61 Å². The van der Waals surface area contributed by atoms with Crippen molar-refractivity contribution >= 4 is 0 Å². The Hall–Kier alpha value is -1.68. The Bertz CT molecular complexity index is 384. The lowest BCUT2D eigenvalue weighted by molar-refractivity contribution is 0.277. The van der Waals surface area contributed by atoms with Crippen LogP contribution in [0, 0.1) is 0 Å². The molecule has 4 heteroatoms. The molecule has 2 rings (SSSR count). The van der Waals surface area contributed by atoms with Crippen molar-refractivity contribution in [2.45, 2.75) is 6.61 Å². The second-order valence-corrected chi connectivity index (χ2v) is 2.62. The molecule has 0 spiro atoms. The highest BCUT2D eigenvalue weighted by molar-refractivity contribution is 5.24. The van der Waals surface area contributed by atoms with Gasteiger partial charge in [0.1, 0.15) is 12.1 Å². The molecule has 1 N–H and O–H groups in total. The van der Waals surface area contributed by atoms with Crippen LogP contribution < -0.4 is 0 Å². The van der Waals surface area contributed by atoms with Crippen LogP contribution in [0.25, 0.3) is 5.82 Å². The van der Waals surface area contributed by atoms with Gasteiger partial charge in [0.25, 0.3) is 0 Å². The van der Waals surface area contributed by atoms with Crippen molar-refractivity contribution in [3.05, 3.63) is 42.6 Å². The quantitative estimate of drug-likeness (QED) is 0.733. The Labute approximate surface area is 75.5 Å². The minimum absolute atomic E-state index is 0.0391. The first-order valence-corrected chi connectivity index (χ1v) is 3.95. The monoisotopic (exact) mass is 175 g/mol. The molecule has 0 aliphatic carbocycles. The van der Waals surface area contributed by atoms with Gasteiger partial charge in [0.05, 0.1) is 12.3 Å². The van der Waals surface area contributed by atoms with Gasteiger partial charge in [-0.15, -0.1) is 0 Å². The zero-order valence-electron chi connectivity index (χ0n) is 6.96. The summed E-state index contributed by atoms with van der Waals surface area (Å²) in [6.45, 7) is -0.0391. The third-order valence-corrected chi connectivity index (χ3v) is 1.72. The molecule has 13 heavy (non-hydrogen) atoms. The molecular formula is C9H9N3O. The van der Waals surface area contributed by atoms with Crippen LogP contribution in [0.4, 0.5) is 0 Å². The first kappa shape index (κ1) is 7.94. The predicted octanol–water partition coefficient (Wildman–Crippen LogP) is 0.760. The fourth-order valence-corrected chi connectivity index (χ4v) is 1.09. The highest BCUT2D eigenvalue weighted by Crippen LogP contribution is 2.04. The molecule has 4 nitrogen and oxygen atoms in total. The number of aromatic nitrogens is 3. The summed E-state index contributed by atoms with van der Waals surface area (Å²) in [4.78, 5) is 8.12. The smallest absolute Gasteiger partial charge is 0.138 e. The van der Waals surface area contributed by atoms with Gasteiger partial charge in [-0.2, -0.15) is 0 Å². The van der Waals surface area contributed by atoms with E-state index in [1.54, 1.807) is 23.2 Å². The summed E-state index contributed by atoms with van der Waals surface area (Å²) in [5.41, 5.74) is 0.659. The summed E-state index contributed by atoms with van der Waals surface area (Å²) in [6.07, 6.45) is 5.17. The van der Waals surface area contributed by atoms with Gasteiger partial charge < -0.3 is 5.11 Å². The Balaban J connectivity index is 2.41. The van der Waals surface area contributed by atoms with E-state index in [1.807, 2.05) is 18.3 Å². The summed E-state index contributed by atoms with van der Waals surface area (Å²) in [5, 5.41) is 8.87. The van der Waals surface area contributed by atoms with E-state index in [9.17, 15) is 0 Å². The first-order valence-electron chi connectivity index (χ1n) is 3.95. The Kier molecular flexibility index (Phi) is 2.06. The van der Waals surface area contributed by atoms with Gasteiger partial charge in [-0.05, 0) is 12.1 Å². The van der Waals surface area contributed by atoms with E-state index in [0.29, 0.717) is 5.69 Å². The minimum Gasteiger partial charge on any atom is -0.390 e. The largest absolute Gasteiger partial charge is 0.390 e. The topological polar surface area (TPSA) is 50.9 Å². The van der Waals surface area contributed by atoms with E-state index in [4.69, 9.17) is 5.11 Å². The molecule has 2 aromatic rings. The molecule has 2 aromatic heterocycles. The fraction of sp³-hybridized carbons (Fsp3) is 0.111. The van der Waals surface area contributed by atoms with Crippen molar-refractivity contribution in [2.75, 3.05) is 0 Å². The molecule has 0 atom stereocenters. The molecule has 0 bridgehead atoms. The van der Waals surface area contributed by atoms with Gasteiger partial charge in [0.2, 0.25) is 0 Å². The van der Waals surface area contributed by atoms with Crippen LogP contribution in [-0.4, -0.2) is 19.6 Å². The molecular weight excluding hydrogens is 166 g/mol. The van der Waals surface area contributed by atoms with Crippen molar-refractivity contribution in [1.82, 2.24) is 14.5 Å². The number of imidazole rings is 1. The third-order valence-electron chi connectivity index (χ3n) is 1.72. The van der Waals surface area contributed by atoms with Crippen LogP contribution in [0.15, 0.2) is 36.9 Å². The summed E-state index contributed by atoms with van der Waals surface area (Å²) in [5.74, 6) is 0.768. The first-order chi connectivity index (χ1) is 6.40. The van der Waals surface area contributed by atoms with Gasteiger partial charge in [0, 0.05) is 12.4 Å². The van der Waals surface area contributed by atoms with E-state index in [1.165, 1.54) is 0 Å². The van der Waals surface area contributed by atoms with Gasteiger partial charge in [-0.25, -0.2) is 9.97 Å². The van der Waals surface area contributed by atoms with E-state index in [0.717, 1.165) is 5.82 Å². The Morgan fingerprint density at radius 3 is 3.00 bits per heavy atom. The Morgan fingerprint density at radius 2 is 2.31 bits per heavy atom. The molecule has 66 valence electrons. The van der Waals surface area contributed by atoms with Crippen LogP contribution in [0.1, 0.15) is 5.69 Å². The second-order valence-electron chi connectivity index (χ2n) is 2.62. The molecule has 0 aromatic carbocycles. The number of aliphatic hydroxyl groups excluding tert-OH is 1. The molecule has 0 saturated heterocycles. The average molecular weight is 175 g/mol. The summed E-state index contributed by atoms with van der Waals surface area (Å²) in [6, 6.07) is 5.50. The molecule has 0 aliphatic rings. The summed E-state index contributed by atoms with van der Waals surface area (Å²) >= 11 is 0. The highest BCUT2D eigenvalue weighted by Gasteiger charge is 1.97. The lowest BCUT2D eigenvalue weighted by Gasteiger charge is -2.01. The maximum absolute atomic E-state index is 8.87. The van der Waals surface area contributed by atoms with Gasteiger partial charge >= 0.3 is 0 Å². The maximum atomic E-state index is 8.87. The van der Waals surface area contributed by atoms with Gasteiger partial charge in [0.15, 0.2) is 0 Å². The van der Waals surface area contributed by atoms with Crippen LogP contribution in [0.3, 0.4) is 0 Å². The average Bonchev–Trinajstić information content (AvgIpc) is 2.71. The number of hydrogen-bond acceptors (Lipinski definition) is 3. The number of rotatable bonds is 2. The minimum atomic E-state index is -0.0391. The molecule has 0 amide bonds. The second kappa shape index (κ2) is 3.37. The number of aliphatic hydroxyl groups is 1. The normalized spacial score (nSPS) is 10.2. The van der Waals surface area contributed by atoms with Crippen LogP contribution in [0.5, 0.6) is 0 Å². The molecule has 0 saturated carbocycles. The SMILES string of the molecule is OCc1cccc(-n2ccnc2)n1. The molecule has 0 radical (unpaired) electrons. The molecule has 2 heterocycles. The van der Waals surface area contributed by atoms with Crippen molar-refractivity contribution in [3.8, 4) is 5.82 Å². The van der Waals surface area contributed by atoms with Crippen molar-refractivity contribution < 1.29 is 5.11 Å². The van der Waals surface area contributed by atoms with Gasteiger partial charge in [-0.1, -0.05) is 6.07 Å². The zero-order valence-corrected chi connectivity index (χ0v) is 6.96. The lowest BCUT2D eigenvalue weighted by atomic mass is 10.3. The van der Waals surface area contributed by atoms with Crippen LogP contribution in [0.2, 0.25) is 0 Å². The maximum Gasteiger partial charge on any atom is 0.138 e. The summed E-state index contributed by atoms with van der Waals surface area (Å²) in [7, 11) is 0. The van der Waals surface area contributed by atoms with E-state index in [2.05, 4.69) is 9.97 Å². The zero-order chi connectivity index (χ0) is 9.10. The Morgan fingerprint density at radius 1 is 1.38 bits per heavy atom. The number of hydrogen-bond donors (Lipinski definition) is 1. The molecule has 0 unspecified atom stereocenters. The molecule has 0 fully saturated rings. The summed E-state index contributed by atoms with van der Waals surface area (Å²) < 4.78 is 1.79. The number of nitrogens with zero attached hydrogens (tertiary/aromatic N) is 3. The van der Waals surface area contributed by atoms with Crippen LogP contribution in [-0.2, 0) is 6.61 Å². The number of pyridine rings is 1. The lowest BCUT2D eigenvalue weighted by Crippen LogP contribution is -1.97. The molecule has 0 aliphatic heterocycles. The van der Waals surface area contributed by atoms with E-state index >= 15 is 0 Å². The van der Waals surface area contributed by atoms with Crippen molar-refractivity contribution in [2.24, 2.45) is 0 Å². The van der Waals surface area contributed by atoms with E-state index < -0.39 is 0 Å². The highest BCUT2D eigenvalue weighted by atomic mass is 16.3.